The Labute approximate surface area is 130 Å². The number of ether oxygens (including phenoxy) is 2. The van der Waals surface area contributed by atoms with Crippen LogP contribution >= 0.6 is 15.9 Å². The molecular formula is C14H15BrN2O4. The number of aromatic nitrogens is 2. The molecule has 2 N–H and O–H groups in total. The molecule has 0 amide bonds. The SMILES string of the molecule is COc1cc(Br)cc(-c2cc(C(=O)O)[nH]n2)c1OC(C)C. The fraction of sp³-hybridized carbons (Fsp3) is 0.286. The van der Waals surface area contributed by atoms with Crippen molar-refractivity contribution in [2.45, 2.75) is 20.0 Å². The Hall–Kier alpha value is -2.02. The van der Waals surface area contributed by atoms with Gasteiger partial charge in [-0.1, -0.05) is 15.9 Å². The van der Waals surface area contributed by atoms with Crippen molar-refractivity contribution in [3.05, 3.63) is 28.4 Å². The van der Waals surface area contributed by atoms with E-state index in [-0.39, 0.29) is 11.8 Å². The summed E-state index contributed by atoms with van der Waals surface area (Å²) in [6.45, 7) is 3.80. The van der Waals surface area contributed by atoms with Crippen molar-refractivity contribution in [3.8, 4) is 22.8 Å². The smallest absolute Gasteiger partial charge is 0.353 e. The summed E-state index contributed by atoms with van der Waals surface area (Å²) in [5, 5.41) is 15.5. The minimum Gasteiger partial charge on any atom is -0.493 e. The summed E-state index contributed by atoms with van der Waals surface area (Å²) in [5.41, 5.74) is 1.14. The molecule has 21 heavy (non-hydrogen) atoms. The van der Waals surface area contributed by atoms with Crippen LogP contribution < -0.4 is 9.47 Å². The Balaban J connectivity index is 2.58. The van der Waals surface area contributed by atoms with Crippen molar-refractivity contribution in [1.29, 1.82) is 0 Å². The van der Waals surface area contributed by atoms with Gasteiger partial charge in [-0.05, 0) is 32.0 Å². The maximum absolute atomic E-state index is 11.0. The minimum atomic E-state index is -1.07. The van der Waals surface area contributed by atoms with Gasteiger partial charge in [-0.2, -0.15) is 5.10 Å². The molecule has 0 atom stereocenters. The number of benzene rings is 1. The summed E-state index contributed by atoms with van der Waals surface area (Å²) >= 11 is 3.40. The average molecular weight is 355 g/mol. The van der Waals surface area contributed by atoms with Crippen LogP contribution in [0.3, 0.4) is 0 Å². The predicted octanol–water partition coefficient (Wildman–Crippen LogP) is 3.33. The third kappa shape index (κ3) is 3.36. The lowest BCUT2D eigenvalue weighted by atomic mass is 10.1. The van der Waals surface area contributed by atoms with E-state index in [1.807, 2.05) is 19.9 Å². The van der Waals surface area contributed by atoms with Crippen LogP contribution in [0, 0.1) is 0 Å². The topological polar surface area (TPSA) is 84.4 Å². The van der Waals surface area contributed by atoms with Gasteiger partial charge in [0.1, 0.15) is 5.69 Å². The number of hydrogen-bond donors (Lipinski definition) is 2. The molecule has 112 valence electrons. The number of aromatic amines is 1. The van der Waals surface area contributed by atoms with Crippen molar-refractivity contribution < 1.29 is 19.4 Å². The van der Waals surface area contributed by atoms with Crippen LogP contribution in [0.25, 0.3) is 11.3 Å². The Bertz CT molecular complexity index is 667. The van der Waals surface area contributed by atoms with Gasteiger partial charge in [-0.3, -0.25) is 5.10 Å². The summed E-state index contributed by atoms with van der Waals surface area (Å²) in [6.07, 6.45) is -0.0586. The zero-order valence-corrected chi connectivity index (χ0v) is 13.4. The van der Waals surface area contributed by atoms with E-state index in [1.165, 1.54) is 6.07 Å². The minimum absolute atomic E-state index is 0.0134. The van der Waals surface area contributed by atoms with E-state index >= 15 is 0 Å². The highest BCUT2D eigenvalue weighted by molar-refractivity contribution is 9.10. The third-order valence-corrected chi connectivity index (χ3v) is 3.14. The molecule has 6 nitrogen and oxygen atoms in total. The van der Waals surface area contributed by atoms with Crippen LogP contribution in [0.15, 0.2) is 22.7 Å². The summed E-state index contributed by atoms with van der Waals surface area (Å²) in [7, 11) is 1.55. The number of hydrogen-bond acceptors (Lipinski definition) is 4. The second-order valence-electron chi connectivity index (χ2n) is 4.62. The number of methoxy groups -OCH3 is 1. The molecule has 2 rings (SSSR count). The van der Waals surface area contributed by atoms with Gasteiger partial charge in [-0.15, -0.1) is 0 Å². The third-order valence-electron chi connectivity index (χ3n) is 2.68. The highest BCUT2D eigenvalue weighted by Gasteiger charge is 2.19. The number of carboxylic acid groups (broad SMARTS) is 1. The Morgan fingerprint density at radius 2 is 2.10 bits per heavy atom. The van der Waals surface area contributed by atoms with E-state index in [0.29, 0.717) is 22.8 Å². The predicted molar refractivity (Wildman–Crippen MR) is 81.0 cm³/mol. The van der Waals surface area contributed by atoms with Crippen molar-refractivity contribution in [2.24, 2.45) is 0 Å². The number of carboxylic acids is 1. The number of H-pyrrole nitrogens is 1. The molecule has 0 aliphatic rings. The first kappa shape index (κ1) is 15.4. The molecule has 0 saturated heterocycles. The molecule has 1 aromatic heterocycles. The van der Waals surface area contributed by atoms with E-state index in [1.54, 1.807) is 13.2 Å². The molecule has 0 radical (unpaired) electrons. The maximum atomic E-state index is 11.0. The standard InChI is InChI=1S/C14H15BrN2O4/c1-7(2)21-13-9(4-8(15)5-12(13)20-3)10-6-11(14(18)19)17-16-10/h4-7H,1-3H3,(H,16,17)(H,18,19). The molecule has 0 aliphatic heterocycles. The van der Waals surface area contributed by atoms with Crippen LogP contribution in [0.2, 0.25) is 0 Å². The van der Waals surface area contributed by atoms with Crippen molar-refractivity contribution in [1.82, 2.24) is 10.2 Å². The Morgan fingerprint density at radius 3 is 2.62 bits per heavy atom. The van der Waals surface area contributed by atoms with Gasteiger partial charge in [0.25, 0.3) is 0 Å². The maximum Gasteiger partial charge on any atom is 0.353 e. The number of aromatic carboxylic acids is 1. The number of halogens is 1. The van der Waals surface area contributed by atoms with E-state index in [0.717, 1.165) is 4.47 Å². The van der Waals surface area contributed by atoms with E-state index in [2.05, 4.69) is 26.1 Å². The van der Waals surface area contributed by atoms with E-state index in [4.69, 9.17) is 14.6 Å². The summed E-state index contributed by atoms with van der Waals surface area (Å²) in [6, 6.07) is 5.05. The zero-order valence-electron chi connectivity index (χ0n) is 11.8. The van der Waals surface area contributed by atoms with E-state index < -0.39 is 5.97 Å². The summed E-state index contributed by atoms with van der Waals surface area (Å²) in [4.78, 5) is 11.0. The lowest BCUT2D eigenvalue weighted by Crippen LogP contribution is -2.08. The first-order chi connectivity index (χ1) is 9.92. The van der Waals surface area contributed by atoms with Gasteiger partial charge >= 0.3 is 5.97 Å². The van der Waals surface area contributed by atoms with Gasteiger partial charge in [0.2, 0.25) is 0 Å². The highest BCUT2D eigenvalue weighted by Crippen LogP contribution is 2.41. The number of nitrogens with one attached hydrogen (secondary N) is 1. The summed E-state index contributed by atoms with van der Waals surface area (Å²) < 4.78 is 11.9. The fourth-order valence-corrected chi connectivity index (χ4v) is 2.27. The number of nitrogens with zero attached hydrogens (tertiary/aromatic N) is 1. The van der Waals surface area contributed by atoms with E-state index in [9.17, 15) is 4.79 Å². The van der Waals surface area contributed by atoms with Gasteiger partial charge in [0.05, 0.1) is 18.9 Å². The fourth-order valence-electron chi connectivity index (χ4n) is 1.84. The van der Waals surface area contributed by atoms with Crippen LogP contribution in [-0.4, -0.2) is 34.5 Å². The first-order valence-corrected chi connectivity index (χ1v) is 7.05. The molecular weight excluding hydrogens is 340 g/mol. The molecule has 0 aliphatic carbocycles. The molecule has 7 heteroatoms. The van der Waals surface area contributed by atoms with Gasteiger partial charge in [-0.25, -0.2) is 4.79 Å². The molecule has 0 spiro atoms. The van der Waals surface area contributed by atoms with Gasteiger partial charge in [0, 0.05) is 10.0 Å². The Kier molecular flexibility index (Phi) is 4.52. The quantitative estimate of drug-likeness (QED) is 0.859. The van der Waals surface area contributed by atoms with Crippen LogP contribution in [0.5, 0.6) is 11.5 Å². The monoisotopic (exact) mass is 354 g/mol. The Morgan fingerprint density at radius 1 is 1.38 bits per heavy atom. The largest absolute Gasteiger partial charge is 0.493 e. The highest BCUT2D eigenvalue weighted by atomic mass is 79.9. The molecule has 2 aromatic rings. The normalized spacial score (nSPS) is 10.7. The zero-order chi connectivity index (χ0) is 15.6. The number of carbonyl (C=O) groups is 1. The van der Waals surface area contributed by atoms with Crippen LogP contribution in [-0.2, 0) is 0 Å². The van der Waals surface area contributed by atoms with Crippen molar-refractivity contribution in [3.63, 3.8) is 0 Å². The second kappa shape index (κ2) is 6.17. The molecule has 0 unspecified atom stereocenters. The summed E-state index contributed by atoms with van der Waals surface area (Å²) in [5.74, 6) is 0.00845. The molecule has 0 fully saturated rings. The number of rotatable bonds is 5. The van der Waals surface area contributed by atoms with Crippen LogP contribution in [0.1, 0.15) is 24.3 Å². The first-order valence-electron chi connectivity index (χ1n) is 6.25. The van der Waals surface area contributed by atoms with Crippen molar-refractivity contribution >= 4 is 21.9 Å². The average Bonchev–Trinajstić information content (AvgIpc) is 2.89. The van der Waals surface area contributed by atoms with Crippen LogP contribution in [0.4, 0.5) is 0 Å². The second-order valence-corrected chi connectivity index (χ2v) is 5.54. The lowest BCUT2D eigenvalue weighted by molar-refractivity contribution is 0.0690. The van der Waals surface area contributed by atoms with Gasteiger partial charge < -0.3 is 14.6 Å². The van der Waals surface area contributed by atoms with Crippen molar-refractivity contribution in [2.75, 3.05) is 7.11 Å². The molecule has 1 heterocycles. The van der Waals surface area contributed by atoms with Gasteiger partial charge in [0.15, 0.2) is 11.5 Å². The molecule has 1 aromatic carbocycles. The molecule has 0 saturated carbocycles. The molecule has 0 bridgehead atoms. The lowest BCUT2D eigenvalue weighted by Gasteiger charge is -2.17.